The molecule has 0 saturated carbocycles. The standard InChI is InChI=1S/C11H17N3O2/c1-9(10-2-6-16-7-3-10)13-11(15)14-5-4-12-8-14/h4-5,8-10H,2-3,6-7H2,1H3,(H,13,15). The first-order valence-electron chi connectivity index (χ1n) is 5.64. The lowest BCUT2D eigenvalue weighted by Gasteiger charge is -2.28. The maximum Gasteiger partial charge on any atom is 0.327 e. The second-order valence-electron chi connectivity index (χ2n) is 4.16. The third-order valence-corrected chi connectivity index (χ3v) is 3.06. The van der Waals surface area contributed by atoms with Gasteiger partial charge in [0, 0.05) is 31.6 Å². The highest BCUT2D eigenvalue weighted by Gasteiger charge is 2.21. The Bertz CT molecular complexity index is 331. The summed E-state index contributed by atoms with van der Waals surface area (Å²) in [5, 5.41) is 2.98. The molecule has 1 atom stereocenters. The minimum atomic E-state index is -0.114. The summed E-state index contributed by atoms with van der Waals surface area (Å²) in [6.45, 7) is 3.65. The predicted molar refractivity (Wildman–Crippen MR) is 59.2 cm³/mol. The van der Waals surface area contributed by atoms with Crippen LogP contribution in [0.3, 0.4) is 0 Å². The summed E-state index contributed by atoms with van der Waals surface area (Å²) in [5.74, 6) is 0.515. The Balaban J connectivity index is 1.86. The van der Waals surface area contributed by atoms with Gasteiger partial charge in [-0.1, -0.05) is 0 Å². The van der Waals surface area contributed by atoms with Crippen molar-refractivity contribution in [2.75, 3.05) is 13.2 Å². The topological polar surface area (TPSA) is 56.2 Å². The van der Waals surface area contributed by atoms with Crippen molar-refractivity contribution in [1.29, 1.82) is 0 Å². The Morgan fingerprint density at radius 1 is 1.56 bits per heavy atom. The molecule has 1 aliphatic heterocycles. The van der Waals surface area contributed by atoms with Gasteiger partial charge >= 0.3 is 6.03 Å². The minimum Gasteiger partial charge on any atom is -0.381 e. The molecule has 5 heteroatoms. The highest BCUT2D eigenvalue weighted by atomic mass is 16.5. The van der Waals surface area contributed by atoms with Crippen LogP contribution in [0.25, 0.3) is 0 Å². The Morgan fingerprint density at radius 2 is 2.31 bits per heavy atom. The second-order valence-corrected chi connectivity index (χ2v) is 4.16. The summed E-state index contributed by atoms with van der Waals surface area (Å²) in [5.41, 5.74) is 0. The van der Waals surface area contributed by atoms with Gasteiger partial charge in [0.15, 0.2) is 0 Å². The lowest BCUT2D eigenvalue weighted by Crippen LogP contribution is -2.41. The van der Waals surface area contributed by atoms with Gasteiger partial charge in [-0.2, -0.15) is 0 Å². The number of ether oxygens (including phenoxy) is 1. The van der Waals surface area contributed by atoms with Gasteiger partial charge in [0.25, 0.3) is 0 Å². The molecule has 0 aliphatic carbocycles. The quantitative estimate of drug-likeness (QED) is 0.821. The molecule has 1 aromatic heterocycles. The van der Waals surface area contributed by atoms with Crippen LogP contribution in [0.2, 0.25) is 0 Å². The second kappa shape index (κ2) is 5.12. The van der Waals surface area contributed by atoms with Crippen LogP contribution in [0.1, 0.15) is 19.8 Å². The maximum absolute atomic E-state index is 11.7. The van der Waals surface area contributed by atoms with Gasteiger partial charge in [0.2, 0.25) is 0 Å². The number of rotatable bonds is 2. The summed E-state index contributed by atoms with van der Waals surface area (Å²) in [4.78, 5) is 15.6. The summed E-state index contributed by atoms with van der Waals surface area (Å²) in [6.07, 6.45) is 6.79. The fourth-order valence-corrected chi connectivity index (χ4v) is 1.98. The first-order chi connectivity index (χ1) is 7.77. The summed E-state index contributed by atoms with van der Waals surface area (Å²) in [7, 11) is 0. The fraction of sp³-hybridized carbons (Fsp3) is 0.636. The van der Waals surface area contributed by atoms with Crippen molar-refractivity contribution in [1.82, 2.24) is 14.9 Å². The Hall–Kier alpha value is -1.36. The number of carbonyl (C=O) groups is 1. The van der Waals surface area contributed by atoms with Gasteiger partial charge in [0.1, 0.15) is 6.33 Å². The van der Waals surface area contributed by atoms with Crippen LogP contribution >= 0.6 is 0 Å². The molecule has 0 spiro atoms. The van der Waals surface area contributed by atoms with E-state index in [1.54, 1.807) is 12.4 Å². The van der Waals surface area contributed by atoms with Gasteiger partial charge in [-0.25, -0.2) is 9.78 Å². The first kappa shape index (κ1) is 11.1. The maximum atomic E-state index is 11.7. The van der Waals surface area contributed by atoms with Crippen molar-refractivity contribution in [3.63, 3.8) is 0 Å². The van der Waals surface area contributed by atoms with Crippen LogP contribution in [-0.4, -0.2) is 34.8 Å². The zero-order valence-electron chi connectivity index (χ0n) is 9.43. The molecule has 1 fully saturated rings. The number of hydrogen-bond donors (Lipinski definition) is 1. The predicted octanol–water partition coefficient (Wildman–Crippen LogP) is 1.26. The normalized spacial score (nSPS) is 19.3. The number of aromatic nitrogens is 2. The first-order valence-corrected chi connectivity index (χ1v) is 5.64. The summed E-state index contributed by atoms with van der Waals surface area (Å²) >= 11 is 0. The lowest BCUT2D eigenvalue weighted by molar-refractivity contribution is 0.0571. The van der Waals surface area contributed by atoms with E-state index in [1.165, 1.54) is 10.9 Å². The van der Waals surface area contributed by atoms with Crippen molar-refractivity contribution in [3.05, 3.63) is 18.7 Å². The smallest absolute Gasteiger partial charge is 0.327 e. The van der Waals surface area contributed by atoms with E-state index in [2.05, 4.69) is 10.3 Å². The van der Waals surface area contributed by atoms with Gasteiger partial charge < -0.3 is 10.1 Å². The van der Waals surface area contributed by atoms with Crippen molar-refractivity contribution >= 4 is 6.03 Å². The molecule has 2 rings (SSSR count). The molecule has 1 aliphatic rings. The highest BCUT2D eigenvalue weighted by Crippen LogP contribution is 2.18. The van der Waals surface area contributed by atoms with Crippen LogP contribution in [0, 0.1) is 5.92 Å². The Labute approximate surface area is 94.8 Å². The van der Waals surface area contributed by atoms with Crippen LogP contribution < -0.4 is 5.32 Å². The molecule has 0 aromatic carbocycles. The van der Waals surface area contributed by atoms with Crippen LogP contribution in [0.15, 0.2) is 18.7 Å². The van der Waals surface area contributed by atoms with Crippen molar-refractivity contribution in [2.45, 2.75) is 25.8 Å². The molecule has 1 amide bonds. The number of imidazole rings is 1. The average molecular weight is 223 g/mol. The van der Waals surface area contributed by atoms with Gasteiger partial charge in [-0.05, 0) is 25.7 Å². The zero-order chi connectivity index (χ0) is 11.4. The van der Waals surface area contributed by atoms with E-state index in [4.69, 9.17) is 4.74 Å². The monoisotopic (exact) mass is 223 g/mol. The van der Waals surface area contributed by atoms with Gasteiger partial charge in [0.05, 0.1) is 0 Å². The molecule has 1 aromatic rings. The average Bonchev–Trinajstić information content (AvgIpc) is 2.83. The number of amides is 1. The molecular weight excluding hydrogens is 206 g/mol. The van der Waals surface area contributed by atoms with E-state index in [1.807, 2.05) is 6.92 Å². The Morgan fingerprint density at radius 3 is 2.94 bits per heavy atom. The lowest BCUT2D eigenvalue weighted by atomic mass is 9.93. The number of nitrogens with zero attached hydrogens (tertiary/aromatic N) is 2. The third-order valence-electron chi connectivity index (χ3n) is 3.06. The van der Waals surface area contributed by atoms with Crippen molar-refractivity contribution in [2.24, 2.45) is 5.92 Å². The molecule has 1 N–H and O–H groups in total. The summed E-state index contributed by atoms with van der Waals surface area (Å²) in [6, 6.07) is 0.0651. The number of nitrogens with one attached hydrogen (secondary N) is 1. The molecule has 1 saturated heterocycles. The van der Waals surface area contributed by atoms with Crippen LogP contribution in [0.5, 0.6) is 0 Å². The zero-order valence-corrected chi connectivity index (χ0v) is 9.43. The summed E-state index contributed by atoms with van der Waals surface area (Å²) < 4.78 is 6.75. The fourth-order valence-electron chi connectivity index (χ4n) is 1.98. The van der Waals surface area contributed by atoms with E-state index in [9.17, 15) is 4.79 Å². The van der Waals surface area contributed by atoms with E-state index in [-0.39, 0.29) is 12.1 Å². The molecule has 88 valence electrons. The largest absolute Gasteiger partial charge is 0.381 e. The molecule has 16 heavy (non-hydrogen) atoms. The Kier molecular flexibility index (Phi) is 3.56. The molecule has 1 unspecified atom stereocenters. The van der Waals surface area contributed by atoms with E-state index >= 15 is 0 Å². The molecule has 5 nitrogen and oxygen atoms in total. The number of hydrogen-bond acceptors (Lipinski definition) is 3. The minimum absolute atomic E-state index is 0.114. The molecule has 2 heterocycles. The third kappa shape index (κ3) is 2.61. The molecule has 0 radical (unpaired) electrons. The van der Waals surface area contributed by atoms with Gasteiger partial charge in [-0.15, -0.1) is 0 Å². The van der Waals surface area contributed by atoms with Crippen molar-refractivity contribution < 1.29 is 9.53 Å². The molecular formula is C11H17N3O2. The number of carbonyl (C=O) groups excluding carboxylic acids is 1. The van der Waals surface area contributed by atoms with E-state index in [0.717, 1.165) is 26.1 Å². The molecule has 0 bridgehead atoms. The highest BCUT2D eigenvalue weighted by molar-refractivity contribution is 5.76. The van der Waals surface area contributed by atoms with Crippen LogP contribution in [-0.2, 0) is 4.74 Å². The SMILES string of the molecule is CC(NC(=O)n1ccnc1)C1CCOCC1. The van der Waals surface area contributed by atoms with E-state index in [0.29, 0.717) is 5.92 Å². The van der Waals surface area contributed by atoms with Crippen LogP contribution in [0.4, 0.5) is 4.79 Å². The van der Waals surface area contributed by atoms with Gasteiger partial charge in [-0.3, -0.25) is 4.57 Å². The van der Waals surface area contributed by atoms with E-state index < -0.39 is 0 Å². The van der Waals surface area contributed by atoms with Crippen molar-refractivity contribution in [3.8, 4) is 0 Å².